The lowest BCUT2D eigenvalue weighted by Gasteiger charge is -2.25. The summed E-state index contributed by atoms with van der Waals surface area (Å²) in [6.45, 7) is 5.92. The summed E-state index contributed by atoms with van der Waals surface area (Å²) in [5.74, 6) is 2.69. The van der Waals surface area contributed by atoms with Crippen molar-refractivity contribution >= 4 is 74.7 Å². The lowest BCUT2D eigenvalue weighted by Crippen LogP contribution is -2.28. The van der Waals surface area contributed by atoms with E-state index in [-0.39, 0.29) is 0 Å². The van der Waals surface area contributed by atoms with Crippen molar-refractivity contribution in [2.75, 3.05) is 23.3 Å². The summed E-state index contributed by atoms with van der Waals surface area (Å²) >= 11 is 21.6. The lowest BCUT2D eigenvalue weighted by atomic mass is 10.3. The quantitative estimate of drug-likeness (QED) is 0.409. The SMILES string of the molecule is CCCN(CC1CC1)c1nc(C)nc(Nc2c(Cl)cc([125I])cc2Cl)c1Cl. The van der Waals surface area contributed by atoms with Gasteiger partial charge in [0.05, 0.1) is 15.7 Å². The first kappa shape index (κ1) is 20.2. The molecule has 8 heteroatoms. The van der Waals surface area contributed by atoms with Crippen LogP contribution in [0.2, 0.25) is 15.1 Å². The van der Waals surface area contributed by atoms with Crippen LogP contribution in [0.15, 0.2) is 12.1 Å². The van der Waals surface area contributed by atoms with Crippen LogP contribution in [0.5, 0.6) is 0 Å². The minimum Gasteiger partial charge on any atom is -0.355 e. The van der Waals surface area contributed by atoms with E-state index in [0.717, 1.165) is 34.8 Å². The van der Waals surface area contributed by atoms with Crippen molar-refractivity contribution in [3.05, 3.63) is 36.6 Å². The lowest BCUT2D eigenvalue weighted by molar-refractivity contribution is 0.696. The van der Waals surface area contributed by atoms with E-state index in [1.807, 2.05) is 19.1 Å². The molecule has 2 aromatic rings. The van der Waals surface area contributed by atoms with Gasteiger partial charge in [-0.1, -0.05) is 41.7 Å². The van der Waals surface area contributed by atoms with Crippen LogP contribution in [-0.4, -0.2) is 23.1 Å². The van der Waals surface area contributed by atoms with Gasteiger partial charge in [-0.3, -0.25) is 0 Å². The monoisotopic (exact) mass is 522 g/mol. The summed E-state index contributed by atoms with van der Waals surface area (Å²) in [5.41, 5.74) is 0.601. The molecule has 0 atom stereocenters. The van der Waals surface area contributed by atoms with E-state index in [1.165, 1.54) is 12.8 Å². The fraction of sp³-hybridized carbons (Fsp3) is 0.444. The summed E-state index contributed by atoms with van der Waals surface area (Å²) in [6.07, 6.45) is 3.59. The Bertz CT molecular complexity index is 788. The number of anilines is 3. The molecule has 1 heterocycles. The molecule has 1 aliphatic carbocycles. The Balaban J connectivity index is 1.96. The second kappa shape index (κ2) is 8.67. The molecule has 1 N–H and O–H groups in total. The Morgan fingerprint density at radius 3 is 2.42 bits per heavy atom. The van der Waals surface area contributed by atoms with E-state index in [1.54, 1.807) is 0 Å². The smallest absolute Gasteiger partial charge is 0.155 e. The van der Waals surface area contributed by atoms with Crippen molar-refractivity contribution in [1.29, 1.82) is 0 Å². The molecule has 0 bridgehead atoms. The van der Waals surface area contributed by atoms with Crippen LogP contribution in [0.25, 0.3) is 0 Å². The van der Waals surface area contributed by atoms with Gasteiger partial charge in [0.2, 0.25) is 0 Å². The average molecular weight is 524 g/mol. The van der Waals surface area contributed by atoms with E-state index in [9.17, 15) is 0 Å². The number of halogens is 4. The van der Waals surface area contributed by atoms with Crippen molar-refractivity contribution in [2.45, 2.75) is 33.1 Å². The molecule has 1 fully saturated rings. The third kappa shape index (κ3) is 4.86. The maximum absolute atomic E-state index is 6.68. The molecule has 0 amide bonds. The van der Waals surface area contributed by atoms with E-state index in [2.05, 4.69) is 49.7 Å². The standard InChI is InChI=1S/C18H20Cl3IN4/c1-3-6-26(9-11-4-5-11)18-15(21)17(23-10(2)24-18)25-16-13(19)7-12(22)8-14(16)20/h7-8,11H,3-6,9H2,1-2H3,(H,23,24,25)/i22-2. The van der Waals surface area contributed by atoms with Crippen LogP contribution in [0.3, 0.4) is 0 Å². The van der Waals surface area contributed by atoms with Crippen molar-refractivity contribution in [3.63, 3.8) is 0 Å². The average Bonchev–Trinajstić information content (AvgIpc) is 3.37. The van der Waals surface area contributed by atoms with E-state index >= 15 is 0 Å². The largest absolute Gasteiger partial charge is 0.355 e. The van der Waals surface area contributed by atoms with Crippen LogP contribution in [0, 0.1) is 16.4 Å². The molecule has 1 aliphatic rings. The molecule has 0 unspecified atom stereocenters. The predicted molar refractivity (Wildman–Crippen MR) is 119 cm³/mol. The maximum atomic E-state index is 6.68. The molecule has 26 heavy (non-hydrogen) atoms. The summed E-state index contributed by atoms with van der Waals surface area (Å²) in [7, 11) is 0. The molecule has 1 aromatic heterocycles. The second-order valence-corrected chi connectivity index (χ2v) is 8.95. The highest BCUT2D eigenvalue weighted by Crippen LogP contribution is 2.39. The molecule has 1 aromatic carbocycles. The first-order valence-electron chi connectivity index (χ1n) is 8.59. The summed E-state index contributed by atoms with van der Waals surface area (Å²) < 4.78 is 0.965. The zero-order valence-corrected chi connectivity index (χ0v) is 19.0. The summed E-state index contributed by atoms with van der Waals surface area (Å²) in [5, 5.41) is 4.76. The highest BCUT2D eigenvalue weighted by Gasteiger charge is 2.27. The molecule has 140 valence electrons. The van der Waals surface area contributed by atoms with Crippen LogP contribution < -0.4 is 10.2 Å². The van der Waals surface area contributed by atoms with E-state index < -0.39 is 0 Å². The highest BCUT2D eigenvalue weighted by atomic mass is 125. The fourth-order valence-corrected chi connectivity index (χ4v) is 4.61. The van der Waals surface area contributed by atoms with Crippen LogP contribution in [0.4, 0.5) is 17.3 Å². The predicted octanol–water partition coefficient (Wildman–Crippen LogP) is 6.72. The first-order valence-corrected chi connectivity index (χ1v) is 10.8. The molecular formula is C18H20Cl3IN4. The molecule has 1 saturated carbocycles. The molecule has 3 rings (SSSR count). The van der Waals surface area contributed by atoms with Crippen molar-refractivity contribution in [1.82, 2.24) is 9.97 Å². The Hall–Kier alpha value is -0.500. The normalized spacial score (nSPS) is 13.8. The van der Waals surface area contributed by atoms with Gasteiger partial charge in [-0.15, -0.1) is 0 Å². The van der Waals surface area contributed by atoms with Crippen LogP contribution in [0.1, 0.15) is 32.0 Å². The van der Waals surface area contributed by atoms with Gasteiger partial charge < -0.3 is 10.2 Å². The van der Waals surface area contributed by atoms with Crippen molar-refractivity contribution < 1.29 is 0 Å². The number of aromatic nitrogens is 2. The zero-order valence-electron chi connectivity index (χ0n) is 14.6. The van der Waals surface area contributed by atoms with Gasteiger partial charge in [0.15, 0.2) is 11.6 Å². The number of nitrogens with zero attached hydrogens (tertiary/aromatic N) is 3. The Morgan fingerprint density at radius 2 is 1.85 bits per heavy atom. The highest BCUT2D eigenvalue weighted by molar-refractivity contribution is 14.1. The molecule has 4 nitrogen and oxygen atoms in total. The van der Waals surface area contributed by atoms with Gasteiger partial charge in [0, 0.05) is 16.7 Å². The number of aryl methyl sites for hydroxylation is 1. The number of hydrogen-bond donors (Lipinski definition) is 1. The summed E-state index contributed by atoms with van der Waals surface area (Å²) in [4.78, 5) is 11.3. The maximum Gasteiger partial charge on any atom is 0.155 e. The molecule has 0 radical (unpaired) electrons. The number of benzene rings is 1. The van der Waals surface area contributed by atoms with Gasteiger partial charge in [-0.25, -0.2) is 9.97 Å². The van der Waals surface area contributed by atoms with Gasteiger partial charge in [0.1, 0.15) is 10.8 Å². The van der Waals surface area contributed by atoms with Gasteiger partial charge in [-0.05, 0) is 66.8 Å². The Morgan fingerprint density at radius 1 is 1.19 bits per heavy atom. The number of nitrogens with one attached hydrogen (secondary N) is 1. The first-order chi connectivity index (χ1) is 12.4. The number of rotatable bonds is 7. The molecular weight excluding hydrogens is 503 g/mol. The Labute approximate surface area is 182 Å². The van der Waals surface area contributed by atoms with Crippen LogP contribution >= 0.6 is 57.4 Å². The fourth-order valence-electron chi connectivity index (χ4n) is 2.78. The van der Waals surface area contributed by atoms with Crippen LogP contribution in [-0.2, 0) is 0 Å². The third-order valence-corrected chi connectivity index (χ3v) is 5.73. The number of hydrogen-bond acceptors (Lipinski definition) is 4. The third-order valence-electron chi connectivity index (χ3n) is 4.16. The van der Waals surface area contributed by atoms with Gasteiger partial charge in [-0.2, -0.15) is 0 Å². The van der Waals surface area contributed by atoms with Gasteiger partial charge >= 0.3 is 0 Å². The molecule has 0 saturated heterocycles. The molecule has 0 spiro atoms. The minimum absolute atomic E-state index is 0.496. The van der Waals surface area contributed by atoms with Gasteiger partial charge in [0.25, 0.3) is 0 Å². The van der Waals surface area contributed by atoms with E-state index in [0.29, 0.717) is 32.4 Å². The minimum atomic E-state index is 0.496. The molecule has 0 aliphatic heterocycles. The Kier molecular flexibility index (Phi) is 6.75. The summed E-state index contributed by atoms with van der Waals surface area (Å²) in [6, 6.07) is 3.69. The van der Waals surface area contributed by atoms with E-state index in [4.69, 9.17) is 34.8 Å². The van der Waals surface area contributed by atoms with Crippen molar-refractivity contribution in [3.8, 4) is 0 Å². The van der Waals surface area contributed by atoms with Crippen molar-refractivity contribution in [2.24, 2.45) is 5.92 Å². The second-order valence-electron chi connectivity index (χ2n) is 6.52. The zero-order chi connectivity index (χ0) is 18.8. The topological polar surface area (TPSA) is 41.1 Å².